The Kier molecular flexibility index (Phi) is 3.66. The van der Waals surface area contributed by atoms with Crippen LogP contribution in [0.5, 0.6) is 0 Å². The monoisotopic (exact) mass is 296 g/mol. The molecule has 104 valence electrons. The van der Waals surface area contributed by atoms with Crippen LogP contribution in [0.4, 0.5) is 5.69 Å². The van der Waals surface area contributed by atoms with Crippen LogP contribution in [0, 0.1) is 0 Å². The third-order valence-corrected chi connectivity index (χ3v) is 3.11. The Morgan fingerprint density at radius 3 is 2.48 bits per heavy atom. The number of amides is 1. The Balaban J connectivity index is 1.69. The summed E-state index contributed by atoms with van der Waals surface area (Å²) in [6.45, 7) is 0. The molecule has 0 saturated carbocycles. The lowest BCUT2D eigenvalue weighted by molar-refractivity contribution is 0.0953. The average molecular weight is 296 g/mol. The van der Waals surface area contributed by atoms with Gasteiger partial charge in [-0.3, -0.25) is 10.1 Å². The number of carbonyl (C=O) groups is 1. The molecule has 2 aromatic carbocycles. The van der Waals surface area contributed by atoms with E-state index in [0.717, 1.165) is 11.1 Å². The molecule has 0 unspecified atom stereocenters. The summed E-state index contributed by atoms with van der Waals surface area (Å²) >= 11 is 5.11. The van der Waals surface area contributed by atoms with Crippen LogP contribution in [0.1, 0.15) is 10.6 Å². The van der Waals surface area contributed by atoms with E-state index in [9.17, 15) is 4.79 Å². The molecule has 0 radical (unpaired) electrons. The van der Waals surface area contributed by atoms with Gasteiger partial charge in [0.05, 0.1) is 0 Å². The largest absolute Gasteiger partial charge is 0.451 e. The average Bonchev–Trinajstić information content (AvgIpc) is 2.92. The maximum atomic E-state index is 12.1. The van der Waals surface area contributed by atoms with Gasteiger partial charge in [0, 0.05) is 11.1 Å². The maximum Gasteiger partial charge on any atom is 0.293 e. The molecule has 3 rings (SSSR count). The molecule has 1 aromatic heterocycles. The Bertz CT molecular complexity index is 763. The second kappa shape index (κ2) is 5.76. The van der Waals surface area contributed by atoms with Gasteiger partial charge >= 0.3 is 0 Å². The Morgan fingerprint density at radius 1 is 1.00 bits per heavy atom. The molecule has 4 nitrogen and oxygen atoms in total. The van der Waals surface area contributed by atoms with Crippen molar-refractivity contribution in [2.24, 2.45) is 0 Å². The van der Waals surface area contributed by atoms with E-state index in [4.69, 9.17) is 16.6 Å². The number of rotatable bonds is 2. The summed E-state index contributed by atoms with van der Waals surface area (Å²) < 4.78 is 5.48. The number of furan rings is 1. The van der Waals surface area contributed by atoms with Gasteiger partial charge in [0.2, 0.25) is 0 Å². The normalized spacial score (nSPS) is 10.3. The first-order chi connectivity index (χ1) is 10.2. The molecule has 1 amide bonds. The number of anilines is 1. The van der Waals surface area contributed by atoms with Gasteiger partial charge in [0.15, 0.2) is 10.9 Å². The van der Waals surface area contributed by atoms with Gasteiger partial charge in [-0.15, -0.1) is 0 Å². The highest BCUT2D eigenvalue weighted by atomic mass is 32.1. The van der Waals surface area contributed by atoms with E-state index < -0.39 is 0 Å². The highest BCUT2D eigenvalue weighted by molar-refractivity contribution is 7.80. The maximum absolute atomic E-state index is 12.1. The summed E-state index contributed by atoms with van der Waals surface area (Å²) in [5, 5.41) is 6.64. The first-order valence-corrected chi connectivity index (χ1v) is 6.79. The predicted molar refractivity (Wildman–Crippen MR) is 86.3 cm³/mol. The standard InChI is InChI=1S/C16H12N2O2S/c19-15(14-10-11-6-4-5-9-13(11)20-14)18-16(21)17-12-7-2-1-3-8-12/h1-10H,(H2,17,18,19,21). The second-order valence-corrected chi connectivity index (χ2v) is 4.83. The highest BCUT2D eigenvalue weighted by Gasteiger charge is 2.13. The van der Waals surface area contributed by atoms with E-state index in [1.807, 2.05) is 54.6 Å². The van der Waals surface area contributed by atoms with Crippen molar-refractivity contribution in [1.29, 1.82) is 0 Å². The van der Waals surface area contributed by atoms with Crippen molar-refractivity contribution >= 4 is 39.9 Å². The van der Waals surface area contributed by atoms with E-state index in [1.165, 1.54) is 0 Å². The Hall–Kier alpha value is -2.66. The molecule has 3 aromatic rings. The Morgan fingerprint density at radius 2 is 1.71 bits per heavy atom. The fourth-order valence-corrected chi connectivity index (χ4v) is 2.15. The number of fused-ring (bicyclic) bond motifs is 1. The third-order valence-electron chi connectivity index (χ3n) is 2.91. The first-order valence-electron chi connectivity index (χ1n) is 6.38. The number of hydrogen-bond donors (Lipinski definition) is 2. The first kappa shape index (κ1) is 13.3. The topological polar surface area (TPSA) is 54.3 Å². The molecular formula is C16H12N2O2S. The van der Waals surface area contributed by atoms with Crippen molar-refractivity contribution < 1.29 is 9.21 Å². The molecule has 0 aliphatic rings. The quantitative estimate of drug-likeness (QED) is 0.710. The summed E-state index contributed by atoms with van der Waals surface area (Å²) in [5.74, 6) is -0.145. The van der Waals surface area contributed by atoms with Gasteiger partial charge in [-0.2, -0.15) is 0 Å². The summed E-state index contributed by atoms with van der Waals surface area (Å²) in [7, 11) is 0. The van der Waals surface area contributed by atoms with E-state index in [0.29, 0.717) is 5.58 Å². The van der Waals surface area contributed by atoms with Crippen LogP contribution in [0.25, 0.3) is 11.0 Å². The summed E-state index contributed by atoms with van der Waals surface area (Å²) in [6.07, 6.45) is 0. The van der Waals surface area contributed by atoms with Crippen molar-refractivity contribution in [2.45, 2.75) is 0 Å². The van der Waals surface area contributed by atoms with Crippen LogP contribution in [-0.4, -0.2) is 11.0 Å². The lowest BCUT2D eigenvalue weighted by Gasteiger charge is -2.07. The molecule has 0 spiro atoms. The van der Waals surface area contributed by atoms with Gasteiger partial charge in [-0.05, 0) is 36.5 Å². The SMILES string of the molecule is O=C(NC(=S)Nc1ccccc1)c1cc2ccccc2o1. The lowest BCUT2D eigenvalue weighted by atomic mass is 10.2. The van der Waals surface area contributed by atoms with Gasteiger partial charge in [0.1, 0.15) is 5.58 Å². The van der Waals surface area contributed by atoms with Gasteiger partial charge < -0.3 is 9.73 Å². The molecule has 0 fully saturated rings. The number of nitrogens with one attached hydrogen (secondary N) is 2. The summed E-state index contributed by atoms with van der Waals surface area (Å²) in [4.78, 5) is 12.1. The number of hydrogen-bond acceptors (Lipinski definition) is 3. The Labute approximate surface area is 126 Å². The third kappa shape index (κ3) is 3.09. The minimum absolute atomic E-state index is 0.228. The molecule has 0 aliphatic heterocycles. The van der Waals surface area contributed by atoms with Crippen LogP contribution in [0.3, 0.4) is 0 Å². The molecule has 1 heterocycles. The molecule has 0 saturated heterocycles. The van der Waals surface area contributed by atoms with Crippen LogP contribution < -0.4 is 10.6 Å². The molecule has 0 bridgehead atoms. The highest BCUT2D eigenvalue weighted by Crippen LogP contribution is 2.18. The van der Waals surface area contributed by atoms with E-state index >= 15 is 0 Å². The molecule has 2 N–H and O–H groups in total. The van der Waals surface area contributed by atoms with E-state index in [-0.39, 0.29) is 16.8 Å². The van der Waals surface area contributed by atoms with E-state index in [1.54, 1.807) is 6.07 Å². The van der Waals surface area contributed by atoms with Crippen LogP contribution in [0.2, 0.25) is 0 Å². The molecule has 0 atom stereocenters. The minimum atomic E-state index is -0.375. The van der Waals surface area contributed by atoms with Crippen molar-refractivity contribution in [3.05, 3.63) is 66.4 Å². The molecular weight excluding hydrogens is 284 g/mol. The van der Waals surface area contributed by atoms with Crippen molar-refractivity contribution in [1.82, 2.24) is 5.32 Å². The van der Waals surface area contributed by atoms with Gasteiger partial charge in [0.25, 0.3) is 5.91 Å². The van der Waals surface area contributed by atoms with Gasteiger partial charge in [-0.25, -0.2) is 0 Å². The number of carbonyl (C=O) groups excluding carboxylic acids is 1. The van der Waals surface area contributed by atoms with Crippen LogP contribution in [-0.2, 0) is 0 Å². The zero-order valence-corrected chi connectivity index (χ0v) is 11.8. The zero-order valence-electron chi connectivity index (χ0n) is 11.0. The van der Waals surface area contributed by atoms with Crippen molar-refractivity contribution in [3.8, 4) is 0 Å². The van der Waals surface area contributed by atoms with Crippen LogP contribution in [0.15, 0.2) is 65.1 Å². The number of benzene rings is 2. The molecule has 0 aliphatic carbocycles. The lowest BCUT2D eigenvalue weighted by Crippen LogP contribution is -2.33. The van der Waals surface area contributed by atoms with Crippen molar-refractivity contribution in [2.75, 3.05) is 5.32 Å². The summed E-state index contributed by atoms with van der Waals surface area (Å²) in [6, 6.07) is 18.5. The van der Waals surface area contributed by atoms with Crippen molar-refractivity contribution in [3.63, 3.8) is 0 Å². The van der Waals surface area contributed by atoms with Crippen LogP contribution >= 0.6 is 12.2 Å². The number of thiocarbonyl (C=S) groups is 1. The minimum Gasteiger partial charge on any atom is -0.451 e. The smallest absolute Gasteiger partial charge is 0.293 e. The summed E-state index contributed by atoms with van der Waals surface area (Å²) in [5.41, 5.74) is 1.48. The van der Waals surface area contributed by atoms with Gasteiger partial charge in [-0.1, -0.05) is 36.4 Å². The fraction of sp³-hybridized carbons (Fsp3) is 0. The fourth-order valence-electron chi connectivity index (χ4n) is 1.94. The molecule has 21 heavy (non-hydrogen) atoms. The number of para-hydroxylation sites is 2. The van der Waals surface area contributed by atoms with E-state index in [2.05, 4.69) is 10.6 Å². The predicted octanol–water partition coefficient (Wildman–Crippen LogP) is 3.56. The second-order valence-electron chi connectivity index (χ2n) is 4.42. The molecule has 5 heteroatoms. The zero-order chi connectivity index (χ0) is 14.7.